The van der Waals surface area contributed by atoms with E-state index in [1.807, 2.05) is 0 Å². The Bertz CT molecular complexity index is 79.3. The van der Waals surface area contributed by atoms with Gasteiger partial charge in [0.2, 0.25) is 0 Å². The van der Waals surface area contributed by atoms with Gasteiger partial charge in [-0.1, -0.05) is 6.92 Å². The molecule has 0 radical (unpaired) electrons. The highest BCUT2D eigenvalue weighted by Crippen LogP contribution is 2.11. The number of ether oxygens (including phenoxy) is 1. The van der Waals surface area contributed by atoms with Crippen LogP contribution in [-0.4, -0.2) is 26.3 Å². The second-order valence-electron chi connectivity index (χ2n) is 2.89. The van der Waals surface area contributed by atoms with Crippen LogP contribution >= 0.6 is 0 Å². The quantitative estimate of drug-likeness (QED) is 0.637. The molecule has 0 aromatic rings. The average Bonchev–Trinajstić information content (AvgIpc) is 2.03. The maximum atomic E-state index is 5.34. The molecular formula is C8H17NO. The third kappa shape index (κ3) is 2.67. The Labute approximate surface area is 63.0 Å². The lowest BCUT2D eigenvalue weighted by Gasteiger charge is -2.21. The molecule has 1 rings (SSSR count). The van der Waals surface area contributed by atoms with Gasteiger partial charge in [-0.2, -0.15) is 0 Å². The number of hydrogen-bond donors (Lipinski definition) is 1. The van der Waals surface area contributed by atoms with E-state index in [0.717, 1.165) is 32.2 Å². The van der Waals surface area contributed by atoms with Gasteiger partial charge in [-0.15, -0.1) is 0 Å². The molecule has 1 fully saturated rings. The molecule has 0 spiro atoms. The van der Waals surface area contributed by atoms with Crippen molar-refractivity contribution < 1.29 is 4.74 Å². The molecule has 2 heteroatoms. The van der Waals surface area contributed by atoms with Gasteiger partial charge in [0.15, 0.2) is 0 Å². The summed E-state index contributed by atoms with van der Waals surface area (Å²) < 4.78 is 5.34. The first-order valence-electron chi connectivity index (χ1n) is 4.22. The molecule has 0 bridgehead atoms. The monoisotopic (exact) mass is 143 g/mol. The summed E-state index contributed by atoms with van der Waals surface area (Å²) in [6, 6.07) is 0. The van der Waals surface area contributed by atoms with E-state index in [2.05, 4.69) is 12.2 Å². The zero-order chi connectivity index (χ0) is 7.23. The predicted molar refractivity (Wildman–Crippen MR) is 42.1 cm³/mol. The molecule has 2 nitrogen and oxygen atoms in total. The molecule has 10 heavy (non-hydrogen) atoms. The van der Waals surface area contributed by atoms with Crippen LogP contribution in [0.15, 0.2) is 0 Å². The zero-order valence-corrected chi connectivity index (χ0v) is 6.73. The van der Waals surface area contributed by atoms with Crippen LogP contribution in [0.4, 0.5) is 0 Å². The lowest BCUT2D eigenvalue weighted by molar-refractivity contribution is 0.0551. The van der Waals surface area contributed by atoms with E-state index < -0.39 is 0 Å². The molecule has 1 heterocycles. The molecule has 0 amide bonds. The van der Waals surface area contributed by atoms with Crippen molar-refractivity contribution in [1.29, 1.82) is 0 Å². The highest BCUT2D eigenvalue weighted by molar-refractivity contribution is 4.64. The standard InChI is InChI=1S/C8H17NO/c1-2-9-6-8-4-3-5-10-7-8/h8-9H,2-7H2,1H3. The average molecular weight is 143 g/mol. The Morgan fingerprint density at radius 3 is 3.10 bits per heavy atom. The smallest absolute Gasteiger partial charge is 0.0506 e. The van der Waals surface area contributed by atoms with Crippen LogP contribution < -0.4 is 5.32 Å². The van der Waals surface area contributed by atoms with Crippen LogP contribution in [0.2, 0.25) is 0 Å². The van der Waals surface area contributed by atoms with Crippen LogP contribution in [0.1, 0.15) is 19.8 Å². The van der Waals surface area contributed by atoms with Crippen LogP contribution in [0, 0.1) is 5.92 Å². The Kier molecular flexibility index (Phi) is 3.76. The number of hydrogen-bond acceptors (Lipinski definition) is 2. The van der Waals surface area contributed by atoms with Gasteiger partial charge in [0, 0.05) is 13.2 Å². The van der Waals surface area contributed by atoms with Gasteiger partial charge in [0.05, 0.1) is 6.61 Å². The fraction of sp³-hybridized carbons (Fsp3) is 1.00. The van der Waals surface area contributed by atoms with Crippen molar-refractivity contribution in [2.75, 3.05) is 26.3 Å². The molecule has 0 saturated carbocycles. The molecular weight excluding hydrogens is 126 g/mol. The first-order chi connectivity index (χ1) is 4.93. The number of nitrogens with one attached hydrogen (secondary N) is 1. The Hall–Kier alpha value is -0.0800. The zero-order valence-electron chi connectivity index (χ0n) is 6.73. The Balaban J connectivity index is 2.02. The van der Waals surface area contributed by atoms with Gasteiger partial charge in [-0.25, -0.2) is 0 Å². The van der Waals surface area contributed by atoms with E-state index >= 15 is 0 Å². The molecule has 1 N–H and O–H groups in total. The fourth-order valence-electron chi connectivity index (χ4n) is 1.32. The second-order valence-corrected chi connectivity index (χ2v) is 2.89. The van der Waals surface area contributed by atoms with Gasteiger partial charge in [0.25, 0.3) is 0 Å². The predicted octanol–water partition coefficient (Wildman–Crippen LogP) is 1.02. The third-order valence-corrected chi connectivity index (χ3v) is 1.94. The molecule has 1 aliphatic heterocycles. The minimum atomic E-state index is 0.772. The summed E-state index contributed by atoms with van der Waals surface area (Å²) in [5.41, 5.74) is 0. The van der Waals surface area contributed by atoms with Crippen LogP contribution in [0.5, 0.6) is 0 Å². The molecule has 1 unspecified atom stereocenters. The van der Waals surface area contributed by atoms with Crippen molar-refractivity contribution in [3.8, 4) is 0 Å². The minimum Gasteiger partial charge on any atom is -0.381 e. The molecule has 0 aromatic carbocycles. The summed E-state index contributed by atoms with van der Waals surface area (Å²) >= 11 is 0. The normalized spacial score (nSPS) is 26.7. The first-order valence-corrected chi connectivity index (χ1v) is 4.22. The molecule has 0 aliphatic carbocycles. The third-order valence-electron chi connectivity index (χ3n) is 1.94. The topological polar surface area (TPSA) is 21.3 Å². The van der Waals surface area contributed by atoms with Crippen LogP contribution in [-0.2, 0) is 4.74 Å². The lowest BCUT2D eigenvalue weighted by atomic mass is 10.0. The highest BCUT2D eigenvalue weighted by atomic mass is 16.5. The van der Waals surface area contributed by atoms with Crippen LogP contribution in [0.3, 0.4) is 0 Å². The molecule has 1 aliphatic rings. The van der Waals surface area contributed by atoms with Gasteiger partial charge < -0.3 is 10.1 Å². The van der Waals surface area contributed by atoms with Gasteiger partial charge in [-0.05, 0) is 25.3 Å². The molecule has 60 valence electrons. The van der Waals surface area contributed by atoms with Crippen molar-refractivity contribution in [1.82, 2.24) is 5.32 Å². The van der Waals surface area contributed by atoms with E-state index in [9.17, 15) is 0 Å². The second kappa shape index (κ2) is 4.69. The SMILES string of the molecule is CCNCC1CCCOC1. The summed E-state index contributed by atoms with van der Waals surface area (Å²) in [5.74, 6) is 0.772. The van der Waals surface area contributed by atoms with E-state index in [-0.39, 0.29) is 0 Å². The van der Waals surface area contributed by atoms with Crippen molar-refractivity contribution >= 4 is 0 Å². The van der Waals surface area contributed by atoms with Crippen molar-refractivity contribution in [2.24, 2.45) is 5.92 Å². The van der Waals surface area contributed by atoms with Gasteiger partial charge >= 0.3 is 0 Å². The van der Waals surface area contributed by atoms with Crippen molar-refractivity contribution in [3.63, 3.8) is 0 Å². The van der Waals surface area contributed by atoms with E-state index in [0.29, 0.717) is 0 Å². The summed E-state index contributed by atoms with van der Waals surface area (Å²) in [7, 11) is 0. The fourth-order valence-corrected chi connectivity index (χ4v) is 1.32. The summed E-state index contributed by atoms with van der Waals surface area (Å²) in [6.45, 7) is 6.30. The Morgan fingerprint density at radius 2 is 2.50 bits per heavy atom. The molecule has 1 atom stereocenters. The maximum absolute atomic E-state index is 5.34. The first kappa shape index (κ1) is 8.02. The summed E-state index contributed by atoms with van der Waals surface area (Å²) in [5, 5.41) is 3.34. The van der Waals surface area contributed by atoms with E-state index in [4.69, 9.17) is 4.74 Å². The highest BCUT2D eigenvalue weighted by Gasteiger charge is 2.11. The largest absolute Gasteiger partial charge is 0.381 e. The minimum absolute atomic E-state index is 0.772. The van der Waals surface area contributed by atoms with Gasteiger partial charge in [-0.3, -0.25) is 0 Å². The lowest BCUT2D eigenvalue weighted by Crippen LogP contribution is -2.28. The van der Waals surface area contributed by atoms with E-state index in [1.165, 1.54) is 12.8 Å². The molecule has 0 aromatic heterocycles. The summed E-state index contributed by atoms with van der Waals surface area (Å²) in [6.07, 6.45) is 2.59. The van der Waals surface area contributed by atoms with Gasteiger partial charge in [0.1, 0.15) is 0 Å². The van der Waals surface area contributed by atoms with Crippen molar-refractivity contribution in [2.45, 2.75) is 19.8 Å². The maximum Gasteiger partial charge on any atom is 0.0506 e. The van der Waals surface area contributed by atoms with Crippen LogP contribution in [0.25, 0.3) is 0 Å². The van der Waals surface area contributed by atoms with E-state index in [1.54, 1.807) is 0 Å². The number of rotatable bonds is 3. The molecule has 1 saturated heterocycles. The summed E-state index contributed by atoms with van der Waals surface area (Å²) in [4.78, 5) is 0. The van der Waals surface area contributed by atoms with Crippen molar-refractivity contribution in [3.05, 3.63) is 0 Å². The Morgan fingerprint density at radius 1 is 1.60 bits per heavy atom.